The van der Waals surface area contributed by atoms with Gasteiger partial charge in [0.2, 0.25) is 0 Å². The molecular weight excluding hydrogens is 388 g/mol. The van der Waals surface area contributed by atoms with Crippen LogP contribution in [0, 0.1) is 0 Å². The molecule has 3 aromatic rings. The third-order valence-corrected chi connectivity index (χ3v) is 4.64. The van der Waals surface area contributed by atoms with Crippen molar-refractivity contribution in [1.82, 2.24) is 9.97 Å². The molecule has 2 nitrogen and oxygen atoms in total. The van der Waals surface area contributed by atoms with Crippen LogP contribution in [0.4, 0.5) is 0 Å². The van der Waals surface area contributed by atoms with E-state index in [9.17, 15) is 0 Å². The Morgan fingerprint density at radius 2 is 1.58 bits per heavy atom. The van der Waals surface area contributed by atoms with E-state index in [4.69, 9.17) is 0 Å². The number of halogens is 2. The summed E-state index contributed by atoms with van der Waals surface area (Å²) in [5.74, 6) is 0. The van der Waals surface area contributed by atoms with E-state index in [-0.39, 0.29) is 0 Å². The van der Waals surface area contributed by atoms with Gasteiger partial charge in [-0.25, -0.2) is 9.97 Å². The van der Waals surface area contributed by atoms with Crippen LogP contribution in [0.3, 0.4) is 0 Å². The Morgan fingerprint density at radius 1 is 0.842 bits per heavy atom. The monoisotopic (exact) mass is 394 g/mol. The molecule has 94 valence electrons. The Bertz CT molecular complexity index is 729. The SMILES string of the molecule is Brc1ccc(Sc2ncnc3ccc(Br)cc23)cc1. The average Bonchev–Trinajstić information content (AvgIpc) is 2.42. The maximum Gasteiger partial charge on any atom is 0.117 e. The fraction of sp³-hybridized carbons (Fsp3) is 0. The first-order valence-electron chi connectivity index (χ1n) is 5.56. The van der Waals surface area contributed by atoms with Gasteiger partial charge in [0.1, 0.15) is 11.4 Å². The molecule has 0 bridgehead atoms. The van der Waals surface area contributed by atoms with E-state index in [1.807, 2.05) is 24.3 Å². The van der Waals surface area contributed by atoms with E-state index in [0.29, 0.717) is 0 Å². The number of benzene rings is 2. The summed E-state index contributed by atoms with van der Waals surface area (Å²) in [5, 5.41) is 2.03. The lowest BCUT2D eigenvalue weighted by atomic mass is 10.2. The van der Waals surface area contributed by atoms with Crippen molar-refractivity contribution in [3.8, 4) is 0 Å². The zero-order chi connectivity index (χ0) is 13.2. The summed E-state index contributed by atoms with van der Waals surface area (Å²) in [6.07, 6.45) is 1.61. The molecular formula is C14H8Br2N2S. The van der Waals surface area contributed by atoms with E-state index in [2.05, 4.69) is 60.0 Å². The maximum absolute atomic E-state index is 4.39. The first-order chi connectivity index (χ1) is 9.22. The summed E-state index contributed by atoms with van der Waals surface area (Å²) in [7, 11) is 0. The summed E-state index contributed by atoms with van der Waals surface area (Å²) in [6, 6.07) is 14.2. The van der Waals surface area contributed by atoms with Crippen LogP contribution < -0.4 is 0 Å². The standard InChI is InChI=1S/C14H8Br2N2S/c15-9-1-4-11(5-2-9)19-14-12-7-10(16)3-6-13(12)17-8-18-14/h1-8H. The molecule has 1 aromatic heterocycles. The highest BCUT2D eigenvalue weighted by Gasteiger charge is 2.06. The predicted octanol–water partition coefficient (Wildman–Crippen LogP) is 5.31. The molecule has 2 aromatic carbocycles. The van der Waals surface area contributed by atoms with Crippen LogP contribution in [0.25, 0.3) is 10.9 Å². The molecule has 0 aliphatic rings. The van der Waals surface area contributed by atoms with Crippen LogP contribution in [0.1, 0.15) is 0 Å². The highest BCUT2D eigenvalue weighted by Crippen LogP contribution is 2.32. The van der Waals surface area contributed by atoms with E-state index in [1.165, 1.54) is 0 Å². The van der Waals surface area contributed by atoms with Gasteiger partial charge in [-0.2, -0.15) is 0 Å². The molecule has 0 N–H and O–H groups in total. The van der Waals surface area contributed by atoms with Crippen LogP contribution in [-0.2, 0) is 0 Å². The summed E-state index contributed by atoms with van der Waals surface area (Å²) in [5.41, 5.74) is 0.956. The third kappa shape index (κ3) is 2.99. The van der Waals surface area contributed by atoms with Crippen LogP contribution in [0.15, 0.2) is 67.7 Å². The maximum atomic E-state index is 4.39. The van der Waals surface area contributed by atoms with Crippen LogP contribution in [-0.4, -0.2) is 9.97 Å². The van der Waals surface area contributed by atoms with Gasteiger partial charge in [-0.1, -0.05) is 43.6 Å². The molecule has 3 rings (SSSR count). The lowest BCUT2D eigenvalue weighted by Gasteiger charge is -2.05. The molecule has 0 aliphatic carbocycles. The first kappa shape index (κ1) is 13.1. The molecule has 5 heteroatoms. The second-order valence-electron chi connectivity index (χ2n) is 3.90. The van der Waals surface area contributed by atoms with E-state index >= 15 is 0 Å². The molecule has 0 radical (unpaired) electrons. The smallest absolute Gasteiger partial charge is 0.117 e. The van der Waals surface area contributed by atoms with E-state index in [0.717, 1.165) is 29.8 Å². The minimum Gasteiger partial charge on any atom is -0.236 e. The van der Waals surface area contributed by atoms with Crippen LogP contribution in [0.5, 0.6) is 0 Å². The zero-order valence-corrected chi connectivity index (χ0v) is 13.7. The molecule has 0 saturated heterocycles. The Kier molecular flexibility index (Phi) is 3.86. The minimum absolute atomic E-state index is 0.956. The van der Waals surface area contributed by atoms with Gasteiger partial charge >= 0.3 is 0 Å². The van der Waals surface area contributed by atoms with Gasteiger partial charge in [-0.05, 0) is 42.5 Å². The molecule has 0 fully saturated rings. The van der Waals surface area contributed by atoms with Crippen molar-refractivity contribution in [2.75, 3.05) is 0 Å². The van der Waals surface area contributed by atoms with Gasteiger partial charge < -0.3 is 0 Å². The van der Waals surface area contributed by atoms with Crippen molar-refractivity contribution >= 4 is 54.5 Å². The van der Waals surface area contributed by atoms with Gasteiger partial charge in [-0.15, -0.1) is 0 Å². The topological polar surface area (TPSA) is 25.8 Å². The van der Waals surface area contributed by atoms with E-state index in [1.54, 1.807) is 18.1 Å². The number of nitrogens with zero attached hydrogens (tertiary/aromatic N) is 2. The van der Waals surface area contributed by atoms with Gasteiger partial charge in [0.15, 0.2) is 0 Å². The summed E-state index contributed by atoms with van der Waals surface area (Å²) < 4.78 is 2.11. The molecule has 19 heavy (non-hydrogen) atoms. The molecule has 0 spiro atoms. The second-order valence-corrected chi connectivity index (χ2v) is 6.79. The minimum atomic E-state index is 0.956. The normalized spacial score (nSPS) is 10.8. The van der Waals surface area contributed by atoms with Crippen molar-refractivity contribution in [2.45, 2.75) is 9.92 Å². The van der Waals surface area contributed by atoms with Gasteiger partial charge in [0.05, 0.1) is 5.52 Å². The van der Waals surface area contributed by atoms with Crippen molar-refractivity contribution in [3.63, 3.8) is 0 Å². The lowest BCUT2D eigenvalue weighted by molar-refractivity contribution is 1.10. The van der Waals surface area contributed by atoms with Crippen LogP contribution in [0.2, 0.25) is 0 Å². The summed E-state index contributed by atoms with van der Waals surface area (Å²) in [6.45, 7) is 0. The van der Waals surface area contributed by atoms with Gasteiger partial charge in [0, 0.05) is 19.2 Å². The molecule has 0 amide bonds. The Morgan fingerprint density at radius 3 is 2.37 bits per heavy atom. The fourth-order valence-electron chi connectivity index (χ4n) is 1.70. The van der Waals surface area contributed by atoms with Crippen LogP contribution >= 0.6 is 43.6 Å². The number of aromatic nitrogens is 2. The van der Waals surface area contributed by atoms with E-state index < -0.39 is 0 Å². The largest absolute Gasteiger partial charge is 0.236 e. The van der Waals surface area contributed by atoms with Gasteiger partial charge in [-0.3, -0.25) is 0 Å². The molecule has 1 heterocycles. The van der Waals surface area contributed by atoms with Crippen molar-refractivity contribution in [3.05, 3.63) is 57.7 Å². The highest BCUT2D eigenvalue weighted by atomic mass is 79.9. The number of hydrogen-bond donors (Lipinski definition) is 0. The predicted molar refractivity (Wildman–Crippen MR) is 85.5 cm³/mol. The number of rotatable bonds is 2. The summed E-state index contributed by atoms with van der Waals surface area (Å²) in [4.78, 5) is 9.83. The quantitative estimate of drug-likeness (QED) is 0.550. The number of hydrogen-bond acceptors (Lipinski definition) is 3. The van der Waals surface area contributed by atoms with Crippen molar-refractivity contribution in [2.24, 2.45) is 0 Å². The van der Waals surface area contributed by atoms with Crippen molar-refractivity contribution < 1.29 is 0 Å². The molecule has 0 aliphatic heterocycles. The first-order valence-corrected chi connectivity index (χ1v) is 7.96. The number of fused-ring (bicyclic) bond motifs is 1. The fourth-order valence-corrected chi connectivity index (χ4v) is 3.19. The zero-order valence-electron chi connectivity index (χ0n) is 9.68. The molecule has 0 unspecified atom stereocenters. The van der Waals surface area contributed by atoms with Gasteiger partial charge in [0.25, 0.3) is 0 Å². The Hall–Kier alpha value is -0.910. The third-order valence-electron chi connectivity index (χ3n) is 2.59. The Balaban J connectivity index is 2.05. The van der Waals surface area contributed by atoms with Crippen molar-refractivity contribution in [1.29, 1.82) is 0 Å². The molecule has 0 atom stereocenters. The lowest BCUT2D eigenvalue weighted by Crippen LogP contribution is -1.86. The average molecular weight is 396 g/mol. The summed E-state index contributed by atoms with van der Waals surface area (Å²) >= 11 is 8.57. The highest BCUT2D eigenvalue weighted by molar-refractivity contribution is 9.10. The molecule has 0 saturated carbocycles. The Labute approximate surface area is 131 Å². The second kappa shape index (κ2) is 5.61.